The van der Waals surface area contributed by atoms with E-state index in [0.29, 0.717) is 11.1 Å². The molecule has 0 spiro atoms. The monoisotopic (exact) mass is 203 g/mol. The maximum absolute atomic E-state index is 11.3. The number of rotatable bonds is 1. The van der Waals surface area contributed by atoms with E-state index in [1.807, 2.05) is 0 Å². The first-order chi connectivity index (χ1) is 7.11. The number of cyclic esters (lactones) is 1. The molecular weight excluding hydrogens is 196 g/mol. The zero-order chi connectivity index (χ0) is 11.0. The Morgan fingerprint density at radius 1 is 1.27 bits per heavy atom. The Balaban J connectivity index is 2.64. The number of aliphatic carboxylic acids is 1. The first kappa shape index (κ1) is 9.45. The van der Waals surface area contributed by atoms with Gasteiger partial charge in [-0.1, -0.05) is 18.2 Å². The lowest BCUT2D eigenvalue weighted by atomic mass is 10.1. The molecule has 0 radical (unpaired) electrons. The van der Waals surface area contributed by atoms with Gasteiger partial charge in [-0.3, -0.25) is 0 Å². The minimum Gasteiger partial charge on any atom is -0.545 e. The predicted octanol–water partition coefficient (Wildman–Crippen LogP) is 0.338. The van der Waals surface area contributed by atoms with E-state index < -0.39 is 11.9 Å². The highest BCUT2D eigenvalue weighted by Gasteiger charge is 2.27. The lowest BCUT2D eigenvalue weighted by Crippen LogP contribution is -2.24. The Bertz CT molecular complexity index is 485. The van der Waals surface area contributed by atoms with Crippen LogP contribution in [-0.4, -0.2) is 11.9 Å². The largest absolute Gasteiger partial charge is 0.545 e. The van der Waals surface area contributed by atoms with Crippen LogP contribution in [0.1, 0.15) is 22.8 Å². The third kappa shape index (κ3) is 1.40. The van der Waals surface area contributed by atoms with Crippen molar-refractivity contribution in [1.29, 1.82) is 0 Å². The Morgan fingerprint density at radius 2 is 1.87 bits per heavy atom. The van der Waals surface area contributed by atoms with Gasteiger partial charge in [0.25, 0.3) is 0 Å². The molecule has 0 unspecified atom stereocenters. The number of benzene rings is 1. The molecule has 4 heteroatoms. The molecule has 0 atom stereocenters. The van der Waals surface area contributed by atoms with Gasteiger partial charge in [0.05, 0.1) is 11.5 Å². The smallest absolute Gasteiger partial charge is 0.344 e. The van der Waals surface area contributed by atoms with E-state index >= 15 is 0 Å². The molecule has 76 valence electrons. The van der Waals surface area contributed by atoms with Crippen LogP contribution in [0.5, 0.6) is 0 Å². The SMILES string of the molecule is C/C(C(=O)[O-])=C1\OC(=O)c2ccccc21. The second kappa shape index (κ2) is 3.24. The number of hydrogen-bond donors (Lipinski definition) is 0. The molecule has 0 N–H and O–H groups in total. The van der Waals surface area contributed by atoms with Crippen molar-refractivity contribution in [3.05, 3.63) is 41.0 Å². The van der Waals surface area contributed by atoms with Crippen LogP contribution >= 0.6 is 0 Å². The maximum atomic E-state index is 11.3. The highest BCUT2D eigenvalue weighted by molar-refractivity contribution is 6.07. The van der Waals surface area contributed by atoms with E-state index in [4.69, 9.17) is 4.74 Å². The number of ether oxygens (including phenoxy) is 1. The summed E-state index contributed by atoms with van der Waals surface area (Å²) < 4.78 is 4.87. The molecule has 0 amide bonds. The minimum atomic E-state index is -1.34. The maximum Gasteiger partial charge on any atom is 0.344 e. The zero-order valence-electron chi connectivity index (χ0n) is 7.94. The zero-order valence-corrected chi connectivity index (χ0v) is 7.94. The van der Waals surface area contributed by atoms with Crippen LogP contribution < -0.4 is 5.11 Å². The van der Waals surface area contributed by atoms with Gasteiger partial charge in [0.1, 0.15) is 5.76 Å². The number of carboxylic acid groups (broad SMARTS) is 1. The summed E-state index contributed by atoms with van der Waals surface area (Å²) in [6, 6.07) is 6.63. The van der Waals surface area contributed by atoms with Crippen LogP contribution in [0, 0.1) is 0 Å². The van der Waals surface area contributed by atoms with Gasteiger partial charge < -0.3 is 14.6 Å². The van der Waals surface area contributed by atoms with Gasteiger partial charge in [-0.05, 0) is 13.0 Å². The third-order valence-corrected chi connectivity index (χ3v) is 2.23. The number of hydrogen-bond acceptors (Lipinski definition) is 4. The number of esters is 1. The Labute approximate surface area is 85.8 Å². The van der Waals surface area contributed by atoms with Gasteiger partial charge in [0, 0.05) is 11.1 Å². The lowest BCUT2D eigenvalue weighted by molar-refractivity contribution is -0.299. The fourth-order valence-electron chi connectivity index (χ4n) is 1.43. The van der Waals surface area contributed by atoms with Crippen LogP contribution in [0.25, 0.3) is 5.76 Å². The van der Waals surface area contributed by atoms with Crippen molar-refractivity contribution in [1.82, 2.24) is 0 Å². The molecule has 1 heterocycles. The normalized spacial score (nSPS) is 17.0. The molecule has 0 aromatic heterocycles. The van der Waals surface area contributed by atoms with Crippen molar-refractivity contribution in [2.45, 2.75) is 6.92 Å². The second-order valence-corrected chi connectivity index (χ2v) is 3.18. The van der Waals surface area contributed by atoms with Crippen LogP contribution in [0.15, 0.2) is 29.8 Å². The fraction of sp³-hybridized carbons (Fsp3) is 0.0909. The van der Waals surface area contributed by atoms with E-state index in [9.17, 15) is 14.7 Å². The van der Waals surface area contributed by atoms with Crippen LogP contribution in [0.3, 0.4) is 0 Å². The van der Waals surface area contributed by atoms with Gasteiger partial charge in [-0.15, -0.1) is 0 Å². The summed E-state index contributed by atoms with van der Waals surface area (Å²) in [6.07, 6.45) is 0. The molecule has 4 nitrogen and oxygen atoms in total. The Morgan fingerprint density at radius 3 is 2.47 bits per heavy atom. The first-order valence-electron chi connectivity index (χ1n) is 4.35. The van der Waals surface area contributed by atoms with Crippen molar-refractivity contribution < 1.29 is 19.4 Å². The number of carbonyl (C=O) groups is 2. The standard InChI is InChI=1S/C11H8O4/c1-6(10(12)13)9-7-4-2-3-5-8(7)11(14)15-9/h2-5H,1H3,(H,12,13)/p-1/b9-6+. The van der Waals surface area contributed by atoms with E-state index in [1.165, 1.54) is 6.92 Å². The van der Waals surface area contributed by atoms with Crippen molar-refractivity contribution in [2.75, 3.05) is 0 Å². The minimum absolute atomic E-state index is 0.0756. The van der Waals surface area contributed by atoms with E-state index in [2.05, 4.69) is 0 Å². The number of fused-ring (bicyclic) bond motifs is 1. The van der Waals surface area contributed by atoms with E-state index in [1.54, 1.807) is 24.3 Å². The van der Waals surface area contributed by atoms with Crippen LogP contribution in [0.4, 0.5) is 0 Å². The van der Waals surface area contributed by atoms with Crippen LogP contribution in [-0.2, 0) is 9.53 Å². The Kier molecular flexibility index (Phi) is 2.04. The summed E-state index contributed by atoms with van der Waals surface area (Å²) in [5, 5.41) is 10.6. The molecule has 2 rings (SSSR count). The van der Waals surface area contributed by atoms with Crippen LogP contribution in [0.2, 0.25) is 0 Å². The summed E-state index contributed by atoms with van der Waals surface area (Å²) in [6.45, 7) is 1.35. The number of carboxylic acids is 1. The molecule has 0 aliphatic carbocycles. The average Bonchev–Trinajstić information content (AvgIpc) is 2.56. The summed E-state index contributed by atoms with van der Waals surface area (Å²) >= 11 is 0. The molecule has 0 bridgehead atoms. The third-order valence-electron chi connectivity index (χ3n) is 2.23. The molecule has 15 heavy (non-hydrogen) atoms. The molecule has 1 aromatic carbocycles. The Hall–Kier alpha value is -2.10. The highest BCUT2D eigenvalue weighted by atomic mass is 16.5. The lowest BCUT2D eigenvalue weighted by Gasteiger charge is -2.05. The fourth-order valence-corrected chi connectivity index (χ4v) is 1.43. The summed E-state index contributed by atoms with van der Waals surface area (Å²) in [4.78, 5) is 22.0. The van der Waals surface area contributed by atoms with E-state index in [-0.39, 0.29) is 11.3 Å². The quantitative estimate of drug-likeness (QED) is 0.487. The van der Waals surface area contributed by atoms with Gasteiger partial charge in [0.15, 0.2) is 0 Å². The molecule has 1 aliphatic rings. The van der Waals surface area contributed by atoms with Gasteiger partial charge in [-0.2, -0.15) is 0 Å². The van der Waals surface area contributed by atoms with Gasteiger partial charge in [-0.25, -0.2) is 4.79 Å². The predicted molar refractivity (Wildman–Crippen MR) is 49.5 cm³/mol. The summed E-state index contributed by atoms with van der Waals surface area (Å²) in [7, 11) is 0. The molecular formula is C11H7O4-. The highest BCUT2D eigenvalue weighted by Crippen LogP contribution is 2.31. The first-order valence-corrected chi connectivity index (χ1v) is 4.35. The van der Waals surface area contributed by atoms with Crippen molar-refractivity contribution in [2.24, 2.45) is 0 Å². The van der Waals surface area contributed by atoms with Gasteiger partial charge in [0.2, 0.25) is 0 Å². The molecule has 0 saturated carbocycles. The average molecular weight is 203 g/mol. The van der Waals surface area contributed by atoms with Crippen molar-refractivity contribution in [3.8, 4) is 0 Å². The van der Waals surface area contributed by atoms with Crippen molar-refractivity contribution in [3.63, 3.8) is 0 Å². The summed E-state index contributed by atoms with van der Waals surface area (Å²) in [5.41, 5.74) is 0.811. The molecule has 0 fully saturated rings. The van der Waals surface area contributed by atoms with Gasteiger partial charge >= 0.3 is 5.97 Å². The van der Waals surface area contributed by atoms with E-state index in [0.717, 1.165) is 0 Å². The summed E-state index contributed by atoms with van der Waals surface area (Å²) in [5.74, 6) is -1.79. The molecule has 0 saturated heterocycles. The van der Waals surface area contributed by atoms with Crippen molar-refractivity contribution >= 4 is 17.7 Å². The molecule has 1 aromatic rings. The second-order valence-electron chi connectivity index (χ2n) is 3.18. The topological polar surface area (TPSA) is 66.4 Å². The molecule has 1 aliphatic heterocycles. The number of carbonyl (C=O) groups excluding carboxylic acids is 2.